The molecule has 1 atom stereocenters. The maximum absolute atomic E-state index is 12.0. The Morgan fingerprint density at radius 2 is 2.04 bits per heavy atom. The van der Waals surface area contributed by atoms with E-state index in [1.54, 1.807) is 20.8 Å². The van der Waals surface area contributed by atoms with E-state index < -0.39 is 33.8 Å². The van der Waals surface area contributed by atoms with Gasteiger partial charge in [-0.15, -0.1) is 0 Å². The van der Waals surface area contributed by atoms with Gasteiger partial charge in [-0.1, -0.05) is 0 Å². The summed E-state index contributed by atoms with van der Waals surface area (Å²) in [6.07, 6.45) is -0.220. The highest BCUT2D eigenvalue weighted by Crippen LogP contribution is 2.26. The van der Waals surface area contributed by atoms with E-state index in [-0.39, 0.29) is 11.9 Å². The summed E-state index contributed by atoms with van der Waals surface area (Å²) >= 11 is 0. The second kappa shape index (κ2) is 6.96. The molecule has 25 heavy (non-hydrogen) atoms. The molecule has 0 aromatic heterocycles. The summed E-state index contributed by atoms with van der Waals surface area (Å²) in [5, 5.41) is 20.0. The first kappa shape index (κ1) is 18.5. The monoisotopic (exact) mass is 352 g/mol. The molecule has 1 heterocycles. The third kappa shape index (κ3) is 4.82. The fourth-order valence-corrected chi connectivity index (χ4v) is 2.43. The number of carbonyl (C=O) groups is 2. The molecule has 1 fully saturated rings. The first-order valence-electron chi connectivity index (χ1n) is 7.73. The fraction of sp³-hybridized carbons (Fsp3) is 0.500. The van der Waals surface area contributed by atoms with Gasteiger partial charge in [-0.05, 0) is 26.8 Å². The van der Waals surface area contributed by atoms with Crippen LogP contribution in [0.2, 0.25) is 0 Å². The summed E-state index contributed by atoms with van der Waals surface area (Å²) in [6.45, 7) is 6.09. The summed E-state index contributed by atoms with van der Waals surface area (Å²) in [7, 11) is 0. The van der Waals surface area contributed by atoms with Gasteiger partial charge in [-0.25, -0.2) is 9.59 Å². The van der Waals surface area contributed by atoms with Crippen LogP contribution in [0.25, 0.3) is 0 Å². The van der Waals surface area contributed by atoms with E-state index in [1.165, 1.54) is 11.0 Å². The van der Waals surface area contributed by atoms with Gasteiger partial charge >= 0.3 is 12.1 Å². The predicted octanol–water partition coefficient (Wildman–Crippen LogP) is 2.68. The number of nitro benzene ring substituents is 1. The molecule has 0 saturated carbocycles. The topological polar surface area (TPSA) is 119 Å². The van der Waals surface area contributed by atoms with Gasteiger partial charge in [0.25, 0.3) is 5.69 Å². The number of nitrogens with zero attached hydrogens (tertiary/aromatic N) is 2. The van der Waals surface area contributed by atoms with Crippen molar-refractivity contribution in [3.8, 4) is 5.75 Å². The number of likely N-dealkylation sites (tertiary alicyclic amines) is 1. The maximum atomic E-state index is 12.0. The molecule has 0 spiro atoms. The average molecular weight is 352 g/mol. The summed E-state index contributed by atoms with van der Waals surface area (Å²) in [4.78, 5) is 34.8. The molecular weight excluding hydrogens is 332 g/mol. The Labute approximate surface area is 144 Å². The highest BCUT2D eigenvalue weighted by atomic mass is 16.6. The number of carboxylic acids is 1. The molecule has 136 valence electrons. The molecule has 9 heteroatoms. The highest BCUT2D eigenvalue weighted by molar-refractivity contribution is 5.92. The van der Waals surface area contributed by atoms with E-state index in [2.05, 4.69) is 0 Å². The molecule has 1 N–H and O–H groups in total. The number of benzene rings is 1. The van der Waals surface area contributed by atoms with Gasteiger partial charge in [-0.2, -0.15) is 0 Å². The lowest BCUT2D eigenvalue weighted by Gasteiger charge is -2.24. The average Bonchev–Trinajstić information content (AvgIpc) is 2.93. The number of ether oxygens (including phenoxy) is 2. The zero-order chi connectivity index (χ0) is 18.8. The molecule has 1 amide bonds. The van der Waals surface area contributed by atoms with Crippen molar-refractivity contribution >= 4 is 17.7 Å². The molecule has 0 radical (unpaired) electrons. The van der Waals surface area contributed by atoms with Crippen LogP contribution in [0.4, 0.5) is 10.5 Å². The van der Waals surface area contributed by atoms with Crippen molar-refractivity contribution in [3.05, 3.63) is 33.9 Å². The van der Waals surface area contributed by atoms with Gasteiger partial charge in [0.15, 0.2) is 0 Å². The van der Waals surface area contributed by atoms with E-state index in [4.69, 9.17) is 14.6 Å². The minimum atomic E-state index is -1.40. The molecule has 1 aliphatic heterocycles. The van der Waals surface area contributed by atoms with Crippen LogP contribution >= 0.6 is 0 Å². The summed E-state index contributed by atoms with van der Waals surface area (Å²) in [6, 6.07) is 3.57. The van der Waals surface area contributed by atoms with Crippen LogP contribution in [0.15, 0.2) is 18.2 Å². The molecule has 1 aromatic rings. The van der Waals surface area contributed by atoms with Crippen molar-refractivity contribution in [1.29, 1.82) is 0 Å². The number of rotatable bonds is 4. The normalized spacial score (nSPS) is 17.2. The van der Waals surface area contributed by atoms with Crippen LogP contribution in [-0.2, 0) is 4.74 Å². The van der Waals surface area contributed by atoms with E-state index in [0.29, 0.717) is 19.5 Å². The molecule has 1 aromatic carbocycles. The first-order chi connectivity index (χ1) is 11.6. The van der Waals surface area contributed by atoms with Gasteiger partial charge in [0.05, 0.1) is 11.5 Å². The molecular formula is C16H20N2O7. The van der Waals surface area contributed by atoms with Crippen molar-refractivity contribution in [3.63, 3.8) is 0 Å². The largest absolute Gasteiger partial charge is 0.488 e. The Balaban J connectivity index is 2.04. The molecule has 0 bridgehead atoms. The molecule has 2 rings (SSSR count). The van der Waals surface area contributed by atoms with Crippen molar-refractivity contribution in [1.82, 2.24) is 4.90 Å². The van der Waals surface area contributed by atoms with Gasteiger partial charge in [0.2, 0.25) is 0 Å². The second-order valence-electron chi connectivity index (χ2n) is 6.70. The Morgan fingerprint density at radius 1 is 1.36 bits per heavy atom. The third-order valence-corrected chi connectivity index (χ3v) is 3.49. The van der Waals surface area contributed by atoms with Crippen molar-refractivity contribution in [2.75, 3.05) is 13.1 Å². The third-order valence-electron chi connectivity index (χ3n) is 3.49. The number of carboxylic acid groups (broad SMARTS) is 1. The number of amides is 1. The van der Waals surface area contributed by atoms with Crippen LogP contribution in [0.3, 0.4) is 0 Å². The van der Waals surface area contributed by atoms with E-state index >= 15 is 0 Å². The van der Waals surface area contributed by atoms with Gasteiger partial charge in [-0.3, -0.25) is 10.1 Å². The zero-order valence-corrected chi connectivity index (χ0v) is 14.2. The quantitative estimate of drug-likeness (QED) is 0.653. The highest BCUT2D eigenvalue weighted by Gasteiger charge is 2.31. The lowest BCUT2D eigenvalue weighted by Crippen LogP contribution is -2.36. The SMILES string of the molecule is CC(C)(C)OC(=O)N1CCC(Oc2ccc([N+](=O)[O-])c(C(=O)O)c2)C1. The number of hydrogen-bond acceptors (Lipinski definition) is 6. The first-order valence-corrected chi connectivity index (χ1v) is 7.73. The van der Waals surface area contributed by atoms with E-state index in [9.17, 15) is 19.7 Å². The minimum Gasteiger partial charge on any atom is -0.488 e. The smallest absolute Gasteiger partial charge is 0.410 e. The standard InChI is InChI=1S/C16H20N2O7/c1-16(2,3)25-15(21)17-7-6-11(9-17)24-10-4-5-13(18(22)23)12(8-10)14(19)20/h4-5,8,11H,6-7,9H2,1-3H3,(H,19,20). The van der Waals surface area contributed by atoms with E-state index in [1.807, 2.05) is 0 Å². The minimum absolute atomic E-state index is 0.207. The lowest BCUT2D eigenvalue weighted by molar-refractivity contribution is -0.385. The predicted molar refractivity (Wildman–Crippen MR) is 86.9 cm³/mol. The second-order valence-corrected chi connectivity index (χ2v) is 6.70. The number of hydrogen-bond donors (Lipinski definition) is 1. The van der Waals surface area contributed by atoms with Crippen LogP contribution in [0.1, 0.15) is 37.6 Å². The van der Waals surface area contributed by atoms with E-state index in [0.717, 1.165) is 12.1 Å². The van der Waals surface area contributed by atoms with Crippen LogP contribution in [0.5, 0.6) is 5.75 Å². The van der Waals surface area contributed by atoms with Crippen molar-refractivity contribution in [2.45, 2.75) is 38.9 Å². The molecule has 1 aliphatic rings. The zero-order valence-electron chi connectivity index (χ0n) is 14.2. The Morgan fingerprint density at radius 3 is 2.60 bits per heavy atom. The van der Waals surface area contributed by atoms with Crippen LogP contribution in [0, 0.1) is 10.1 Å². The summed E-state index contributed by atoms with van der Waals surface area (Å²) < 4.78 is 11.0. The van der Waals surface area contributed by atoms with Gasteiger partial charge < -0.3 is 19.5 Å². The maximum Gasteiger partial charge on any atom is 0.410 e. The van der Waals surface area contributed by atoms with Gasteiger partial charge in [0.1, 0.15) is 23.0 Å². The summed E-state index contributed by atoms with van der Waals surface area (Å²) in [5.74, 6) is -1.20. The van der Waals surface area contributed by atoms with Gasteiger partial charge in [0, 0.05) is 25.1 Å². The number of nitro groups is 1. The Hall–Kier alpha value is -2.84. The Bertz CT molecular complexity index is 696. The van der Waals surface area contributed by atoms with Crippen LogP contribution in [-0.4, -0.2) is 51.8 Å². The number of carbonyl (C=O) groups excluding carboxylic acids is 1. The molecule has 1 unspecified atom stereocenters. The molecule has 1 saturated heterocycles. The Kier molecular flexibility index (Phi) is 5.15. The number of aromatic carboxylic acids is 1. The molecule has 0 aliphatic carbocycles. The summed E-state index contributed by atoms with van der Waals surface area (Å²) in [5.41, 5.74) is -1.53. The van der Waals surface area contributed by atoms with Crippen molar-refractivity contribution in [2.24, 2.45) is 0 Å². The molecule has 9 nitrogen and oxygen atoms in total. The van der Waals surface area contributed by atoms with Crippen molar-refractivity contribution < 1.29 is 29.1 Å². The van der Waals surface area contributed by atoms with Crippen LogP contribution < -0.4 is 4.74 Å². The fourth-order valence-electron chi connectivity index (χ4n) is 2.43. The lowest BCUT2D eigenvalue weighted by atomic mass is 10.1.